The molecule has 0 aliphatic rings. The van der Waals surface area contributed by atoms with Crippen LogP contribution in [0.1, 0.15) is 0 Å². The highest BCUT2D eigenvalue weighted by Gasteiger charge is 2.36. The van der Waals surface area contributed by atoms with Gasteiger partial charge >= 0.3 is 17.9 Å². The van der Waals surface area contributed by atoms with Gasteiger partial charge in [-0.25, -0.2) is 14.4 Å². The fourth-order valence-corrected chi connectivity index (χ4v) is 1.45. The van der Waals surface area contributed by atoms with Gasteiger partial charge in [-0.3, -0.25) is 0 Å². The van der Waals surface area contributed by atoms with Gasteiger partial charge in [-0.05, 0) is 0 Å². The van der Waals surface area contributed by atoms with Crippen molar-refractivity contribution >= 4 is 17.9 Å². The third-order valence-corrected chi connectivity index (χ3v) is 2.71. The molecule has 0 bridgehead atoms. The summed E-state index contributed by atoms with van der Waals surface area (Å²) in [6, 6.07) is 0. The highest BCUT2D eigenvalue weighted by atomic mass is 16.6. The minimum atomic E-state index is -1.16. The Hall–Kier alpha value is -2.45. The van der Waals surface area contributed by atoms with Crippen LogP contribution in [0.15, 0.2) is 38.0 Å². The first-order chi connectivity index (χ1) is 11.4. The second-order valence-electron chi connectivity index (χ2n) is 4.71. The average molecular weight is 342 g/mol. The van der Waals surface area contributed by atoms with Gasteiger partial charge in [0.05, 0.1) is 25.2 Å². The molecule has 24 heavy (non-hydrogen) atoms. The molecular weight excluding hydrogens is 320 g/mol. The van der Waals surface area contributed by atoms with Crippen molar-refractivity contribution < 1.29 is 38.4 Å². The summed E-state index contributed by atoms with van der Waals surface area (Å²) in [6.07, 6.45) is 2.89. The Balaban J connectivity index is 5.16. The maximum absolute atomic E-state index is 11.3. The Morgan fingerprint density at radius 3 is 1.46 bits per heavy atom. The predicted molar refractivity (Wildman–Crippen MR) is 83.8 cm³/mol. The van der Waals surface area contributed by atoms with E-state index in [2.05, 4.69) is 19.7 Å². The molecule has 0 spiro atoms. The lowest BCUT2D eigenvalue weighted by atomic mass is 9.92. The number of hydrogen-bond donors (Lipinski definition) is 1. The number of aliphatic hydroxyl groups excluding tert-OH is 1. The van der Waals surface area contributed by atoms with Crippen LogP contribution in [0.4, 0.5) is 0 Å². The summed E-state index contributed by atoms with van der Waals surface area (Å²) in [5, 5.41) is 8.81. The van der Waals surface area contributed by atoms with Gasteiger partial charge in [0.25, 0.3) is 0 Å². The summed E-state index contributed by atoms with van der Waals surface area (Å²) in [5.74, 6) is -2.11. The third-order valence-electron chi connectivity index (χ3n) is 2.71. The smallest absolute Gasteiger partial charge is 0.330 e. The van der Waals surface area contributed by atoms with Crippen molar-refractivity contribution in [1.29, 1.82) is 0 Å². The Bertz CT molecular complexity index is 409. The zero-order valence-corrected chi connectivity index (χ0v) is 13.4. The van der Waals surface area contributed by atoms with E-state index in [-0.39, 0.29) is 39.6 Å². The van der Waals surface area contributed by atoms with Gasteiger partial charge in [0.15, 0.2) is 0 Å². The third kappa shape index (κ3) is 8.86. The van der Waals surface area contributed by atoms with E-state index < -0.39 is 23.3 Å². The molecule has 0 amide bonds. The number of carbonyl (C=O) groups excluding carboxylic acids is 3. The first kappa shape index (κ1) is 21.6. The maximum Gasteiger partial charge on any atom is 0.330 e. The lowest BCUT2D eigenvalue weighted by Crippen LogP contribution is -2.43. The van der Waals surface area contributed by atoms with Gasteiger partial charge < -0.3 is 24.1 Å². The molecule has 0 atom stereocenters. The molecule has 0 aromatic rings. The van der Waals surface area contributed by atoms with Crippen LogP contribution in [0.25, 0.3) is 0 Å². The number of rotatable bonds is 13. The molecule has 0 fully saturated rings. The molecule has 0 heterocycles. The van der Waals surface area contributed by atoms with Crippen molar-refractivity contribution in [2.75, 3.05) is 39.6 Å². The number of hydrogen-bond acceptors (Lipinski definition) is 8. The topological polar surface area (TPSA) is 108 Å². The quantitative estimate of drug-likeness (QED) is 0.218. The summed E-state index contributed by atoms with van der Waals surface area (Å²) in [4.78, 5) is 33.9. The fraction of sp³-hybridized carbons (Fsp3) is 0.438. The normalized spacial score (nSPS) is 10.4. The number of esters is 3. The zero-order valence-electron chi connectivity index (χ0n) is 13.4. The van der Waals surface area contributed by atoms with Crippen molar-refractivity contribution in [1.82, 2.24) is 0 Å². The SMILES string of the molecule is C=CC(=O)OCC(COCCO)(COC(=O)C=C)COC(=O)C=C. The van der Waals surface area contributed by atoms with E-state index in [4.69, 9.17) is 24.1 Å². The van der Waals surface area contributed by atoms with Crippen LogP contribution in [0.5, 0.6) is 0 Å². The van der Waals surface area contributed by atoms with Crippen LogP contribution < -0.4 is 0 Å². The summed E-state index contributed by atoms with van der Waals surface area (Å²) < 4.78 is 20.2. The van der Waals surface area contributed by atoms with E-state index in [0.717, 1.165) is 18.2 Å². The Labute approximate surface area is 140 Å². The second kappa shape index (κ2) is 12.0. The van der Waals surface area contributed by atoms with E-state index in [9.17, 15) is 14.4 Å². The Morgan fingerprint density at radius 2 is 1.17 bits per heavy atom. The number of ether oxygens (including phenoxy) is 4. The number of carbonyl (C=O) groups is 3. The summed E-state index contributed by atoms with van der Waals surface area (Å²) in [7, 11) is 0. The molecule has 0 rings (SSSR count). The average Bonchev–Trinajstić information content (AvgIpc) is 2.61. The monoisotopic (exact) mass is 342 g/mol. The maximum atomic E-state index is 11.3. The molecule has 8 nitrogen and oxygen atoms in total. The van der Waals surface area contributed by atoms with Crippen LogP contribution in [-0.2, 0) is 33.3 Å². The van der Waals surface area contributed by atoms with Gasteiger partial charge in [0, 0.05) is 18.2 Å². The molecule has 1 N–H and O–H groups in total. The predicted octanol–water partition coefficient (Wildman–Crippen LogP) is 0.169. The molecule has 0 aromatic heterocycles. The van der Waals surface area contributed by atoms with Crippen LogP contribution >= 0.6 is 0 Å². The molecule has 0 unspecified atom stereocenters. The molecule has 134 valence electrons. The number of aliphatic hydroxyl groups is 1. The van der Waals surface area contributed by atoms with Crippen LogP contribution in [0, 0.1) is 5.41 Å². The van der Waals surface area contributed by atoms with Gasteiger partial charge in [0.1, 0.15) is 19.8 Å². The van der Waals surface area contributed by atoms with E-state index in [1.807, 2.05) is 0 Å². The van der Waals surface area contributed by atoms with Crippen molar-refractivity contribution in [3.8, 4) is 0 Å². The standard InChI is InChI=1S/C16H22O8/c1-4-13(18)22-10-16(9-21-8-7-17,11-23-14(19)5-2)12-24-15(20)6-3/h4-6,17H,1-3,7-12H2. The first-order valence-corrected chi connectivity index (χ1v) is 6.99. The molecule has 0 aliphatic heterocycles. The molecule has 8 heteroatoms. The van der Waals surface area contributed by atoms with Gasteiger partial charge in [-0.15, -0.1) is 0 Å². The van der Waals surface area contributed by atoms with Crippen LogP contribution in [-0.4, -0.2) is 62.7 Å². The van der Waals surface area contributed by atoms with E-state index in [0.29, 0.717) is 0 Å². The summed E-state index contributed by atoms with van der Waals surface area (Å²) >= 11 is 0. The van der Waals surface area contributed by atoms with Gasteiger partial charge in [-0.2, -0.15) is 0 Å². The lowest BCUT2D eigenvalue weighted by molar-refractivity contribution is -0.161. The van der Waals surface area contributed by atoms with Crippen LogP contribution in [0.2, 0.25) is 0 Å². The van der Waals surface area contributed by atoms with Gasteiger partial charge in [0.2, 0.25) is 0 Å². The summed E-state index contributed by atoms with van der Waals surface area (Å²) in [6.45, 7) is 8.69. The molecule has 0 saturated carbocycles. The van der Waals surface area contributed by atoms with E-state index in [1.54, 1.807) is 0 Å². The molecule has 0 aliphatic carbocycles. The lowest BCUT2D eigenvalue weighted by Gasteiger charge is -2.31. The minimum Gasteiger partial charge on any atom is -0.462 e. The Morgan fingerprint density at radius 1 is 0.792 bits per heavy atom. The first-order valence-electron chi connectivity index (χ1n) is 6.99. The second-order valence-corrected chi connectivity index (χ2v) is 4.71. The van der Waals surface area contributed by atoms with Crippen molar-refractivity contribution in [2.45, 2.75) is 0 Å². The van der Waals surface area contributed by atoms with Crippen molar-refractivity contribution in [2.24, 2.45) is 5.41 Å². The largest absolute Gasteiger partial charge is 0.462 e. The molecular formula is C16H22O8. The molecule has 0 radical (unpaired) electrons. The summed E-state index contributed by atoms with van der Waals surface area (Å²) in [5.41, 5.74) is -1.16. The molecule has 0 aromatic carbocycles. The highest BCUT2D eigenvalue weighted by molar-refractivity contribution is 5.82. The zero-order chi connectivity index (χ0) is 18.4. The van der Waals surface area contributed by atoms with E-state index >= 15 is 0 Å². The van der Waals surface area contributed by atoms with Crippen LogP contribution in [0.3, 0.4) is 0 Å². The fourth-order valence-electron chi connectivity index (χ4n) is 1.45. The van der Waals surface area contributed by atoms with Crippen molar-refractivity contribution in [3.63, 3.8) is 0 Å². The van der Waals surface area contributed by atoms with Crippen molar-refractivity contribution in [3.05, 3.63) is 38.0 Å². The minimum absolute atomic E-state index is 0.00195. The van der Waals surface area contributed by atoms with Gasteiger partial charge in [-0.1, -0.05) is 19.7 Å². The highest BCUT2D eigenvalue weighted by Crippen LogP contribution is 2.21. The molecule has 0 saturated heterocycles. The Kier molecular flexibility index (Phi) is 10.8. The van der Waals surface area contributed by atoms with E-state index in [1.165, 1.54) is 0 Å².